The lowest BCUT2D eigenvalue weighted by atomic mass is 10.1. The molecule has 0 fully saturated rings. The third-order valence-corrected chi connectivity index (χ3v) is 5.93. The molecule has 30 heavy (non-hydrogen) atoms. The monoisotopic (exact) mass is 417 g/mol. The van der Waals surface area contributed by atoms with E-state index in [1.165, 1.54) is 23.5 Å². The number of carbonyl (C=O) groups is 1. The van der Waals surface area contributed by atoms with E-state index in [1.807, 2.05) is 54.6 Å². The third-order valence-electron chi connectivity index (χ3n) is 4.87. The van der Waals surface area contributed by atoms with Crippen LogP contribution < -0.4 is 4.90 Å². The Labute approximate surface area is 177 Å². The SMILES string of the molecule is Cc1cc(C(=O)N(CCc2ccccc2)c2nc3ccccc3s2)ccc1[N+](=O)[O-]. The van der Waals surface area contributed by atoms with Crippen molar-refractivity contribution in [2.45, 2.75) is 13.3 Å². The molecule has 0 spiro atoms. The summed E-state index contributed by atoms with van der Waals surface area (Å²) in [6.45, 7) is 2.10. The van der Waals surface area contributed by atoms with E-state index in [9.17, 15) is 14.9 Å². The van der Waals surface area contributed by atoms with Gasteiger partial charge in [-0.1, -0.05) is 53.8 Å². The Bertz CT molecular complexity index is 1190. The van der Waals surface area contributed by atoms with Crippen molar-refractivity contribution in [2.75, 3.05) is 11.4 Å². The van der Waals surface area contributed by atoms with Gasteiger partial charge < -0.3 is 0 Å². The molecule has 4 aromatic rings. The molecule has 0 N–H and O–H groups in total. The fraction of sp³-hybridized carbons (Fsp3) is 0.130. The van der Waals surface area contributed by atoms with Crippen LogP contribution in [0.1, 0.15) is 21.5 Å². The fourth-order valence-electron chi connectivity index (χ4n) is 3.29. The zero-order chi connectivity index (χ0) is 21.1. The first kappa shape index (κ1) is 19.7. The van der Waals surface area contributed by atoms with Crippen molar-refractivity contribution in [3.63, 3.8) is 0 Å². The van der Waals surface area contributed by atoms with Crippen LogP contribution in [0.15, 0.2) is 72.8 Å². The molecule has 6 nitrogen and oxygen atoms in total. The van der Waals surface area contributed by atoms with Gasteiger partial charge in [-0.15, -0.1) is 0 Å². The number of anilines is 1. The van der Waals surface area contributed by atoms with Crippen LogP contribution in [0.25, 0.3) is 10.2 Å². The maximum Gasteiger partial charge on any atom is 0.272 e. The van der Waals surface area contributed by atoms with Crippen molar-refractivity contribution in [2.24, 2.45) is 0 Å². The van der Waals surface area contributed by atoms with Crippen LogP contribution in [0.4, 0.5) is 10.8 Å². The van der Waals surface area contributed by atoms with E-state index in [1.54, 1.807) is 17.9 Å². The van der Waals surface area contributed by atoms with Crippen LogP contribution in [0.2, 0.25) is 0 Å². The normalized spacial score (nSPS) is 10.8. The highest BCUT2D eigenvalue weighted by atomic mass is 32.1. The molecular formula is C23H19N3O3S. The summed E-state index contributed by atoms with van der Waals surface area (Å²) in [5.41, 5.74) is 2.83. The summed E-state index contributed by atoms with van der Waals surface area (Å²) in [7, 11) is 0. The Balaban J connectivity index is 1.69. The van der Waals surface area contributed by atoms with Gasteiger partial charge in [-0.2, -0.15) is 0 Å². The predicted molar refractivity (Wildman–Crippen MR) is 119 cm³/mol. The average molecular weight is 417 g/mol. The van der Waals surface area contributed by atoms with Crippen LogP contribution in [-0.4, -0.2) is 22.4 Å². The number of thiazole rings is 1. The Hall–Kier alpha value is -3.58. The number of aryl methyl sites for hydroxylation is 1. The maximum absolute atomic E-state index is 13.4. The van der Waals surface area contributed by atoms with E-state index in [0.717, 1.165) is 15.8 Å². The number of nitrogens with zero attached hydrogens (tertiary/aromatic N) is 3. The largest absolute Gasteiger partial charge is 0.284 e. The van der Waals surface area contributed by atoms with Crippen LogP contribution in [0, 0.1) is 17.0 Å². The number of rotatable bonds is 6. The van der Waals surface area contributed by atoms with Crippen LogP contribution >= 0.6 is 11.3 Å². The van der Waals surface area contributed by atoms with Gasteiger partial charge >= 0.3 is 0 Å². The summed E-state index contributed by atoms with van der Waals surface area (Å²) in [6.07, 6.45) is 0.675. The molecule has 0 bridgehead atoms. The van der Waals surface area contributed by atoms with E-state index in [2.05, 4.69) is 4.98 Å². The molecule has 1 aromatic heterocycles. The standard InChI is InChI=1S/C23H19N3O3S/c1-16-15-18(11-12-20(16)26(28)29)22(27)25(14-13-17-7-3-2-4-8-17)23-24-19-9-5-6-10-21(19)30-23/h2-12,15H,13-14H2,1H3. The first-order valence-electron chi connectivity index (χ1n) is 9.49. The number of amides is 1. The quantitative estimate of drug-likeness (QED) is 0.311. The molecule has 0 aliphatic rings. The Kier molecular flexibility index (Phi) is 5.54. The smallest absolute Gasteiger partial charge is 0.272 e. The third kappa shape index (κ3) is 4.06. The maximum atomic E-state index is 13.4. The number of hydrogen-bond acceptors (Lipinski definition) is 5. The number of benzene rings is 3. The average Bonchev–Trinajstić information content (AvgIpc) is 3.18. The molecule has 0 atom stereocenters. The zero-order valence-electron chi connectivity index (χ0n) is 16.3. The summed E-state index contributed by atoms with van der Waals surface area (Å²) >= 11 is 1.46. The number of hydrogen-bond donors (Lipinski definition) is 0. The predicted octanol–water partition coefficient (Wildman–Crippen LogP) is 5.40. The van der Waals surface area contributed by atoms with Gasteiger partial charge in [0.15, 0.2) is 5.13 Å². The number of para-hydroxylation sites is 1. The fourth-order valence-corrected chi connectivity index (χ4v) is 4.28. The number of aromatic nitrogens is 1. The van der Waals surface area contributed by atoms with Crippen molar-refractivity contribution in [3.05, 3.63) is 99.6 Å². The summed E-state index contributed by atoms with van der Waals surface area (Å²) in [4.78, 5) is 30.4. The van der Waals surface area contributed by atoms with Crippen LogP contribution in [0.3, 0.4) is 0 Å². The topological polar surface area (TPSA) is 76.3 Å². The van der Waals surface area contributed by atoms with Crippen LogP contribution in [-0.2, 0) is 6.42 Å². The second-order valence-electron chi connectivity index (χ2n) is 6.91. The molecule has 0 aliphatic carbocycles. The van der Waals surface area contributed by atoms with Crippen molar-refractivity contribution < 1.29 is 9.72 Å². The molecule has 4 rings (SSSR count). The minimum Gasteiger partial charge on any atom is -0.284 e. The van der Waals surface area contributed by atoms with Crippen molar-refractivity contribution >= 4 is 38.3 Å². The molecule has 3 aromatic carbocycles. The lowest BCUT2D eigenvalue weighted by Crippen LogP contribution is -2.33. The second kappa shape index (κ2) is 8.42. The van der Waals surface area contributed by atoms with E-state index < -0.39 is 4.92 Å². The van der Waals surface area contributed by atoms with Gasteiger partial charge in [0.2, 0.25) is 0 Å². The highest BCUT2D eigenvalue weighted by Crippen LogP contribution is 2.30. The number of carbonyl (C=O) groups excluding carboxylic acids is 1. The van der Waals surface area contributed by atoms with Gasteiger partial charge in [0.05, 0.1) is 15.1 Å². The minimum atomic E-state index is -0.440. The lowest BCUT2D eigenvalue weighted by Gasteiger charge is -2.20. The van der Waals surface area contributed by atoms with Crippen LogP contribution in [0.5, 0.6) is 0 Å². The van der Waals surface area contributed by atoms with Crippen molar-refractivity contribution in [1.82, 2.24) is 4.98 Å². The second-order valence-corrected chi connectivity index (χ2v) is 7.92. The Morgan fingerprint density at radius 3 is 2.50 bits per heavy atom. The molecule has 0 saturated heterocycles. The summed E-state index contributed by atoms with van der Waals surface area (Å²) in [6, 6.07) is 22.2. The molecule has 1 heterocycles. The van der Waals surface area contributed by atoms with E-state index >= 15 is 0 Å². The lowest BCUT2D eigenvalue weighted by molar-refractivity contribution is -0.385. The van der Waals surface area contributed by atoms with E-state index in [0.29, 0.717) is 29.2 Å². The van der Waals surface area contributed by atoms with Gasteiger partial charge in [0.25, 0.3) is 11.6 Å². The van der Waals surface area contributed by atoms with Gasteiger partial charge in [-0.25, -0.2) is 4.98 Å². The highest BCUT2D eigenvalue weighted by Gasteiger charge is 2.23. The number of nitro groups is 1. The van der Waals surface area contributed by atoms with Gasteiger partial charge in [0.1, 0.15) is 0 Å². The van der Waals surface area contributed by atoms with E-state index in [-0.39, 0.29) is 11.6 Å². The highest BCUT2D eigenvalue weighted by molar-refractivity contribution is 7.22. The summed E-state index contributed by atoms with van der Waals surface area (Å²) < 4.78 is 1.00. The van der Waals surface area contributed by atoms with Crippen molar-refractivity contribution in [1.29, 1.82) is 0 Å². The molecule has 1 amide bonds. The molecule has 0 radical (unpaired) electrons. The molecule has 150 valence electrons. The van der Waals surface area contributed by atoms with E-state index in [4.69, 9.17) is 0 Å². The van der Waals surface area contributed by atoms with Crippen molar-refractivity contribution in [3.8, 4) is 0 Å². The Morgan fingerprint density at radius 1 is 1.07 bits per heavy atom. The summed E-state index contributed by atoms with van der Waals surface area (Å²) in [5.74, 6) is -0.219. The van der Waals surface area contributed by atoms with Gasteiger partial charge in [-0.3, -0.25) is 19.8 Å². The summed E-state index contributed by atoms with van der Waals surface area (Å²) in [5, 5.41) is 11.7. The first-order valence-corrected chi connectivity index (χ1v) is 10.3. The number of fused-ring (bicyclic) bond motifs is 1. The Morgan fingerprint density at radius 2 is 1.80 bits per heavy atom. The molecule has 0 unspecified atom stereocenters. The molecule has 0 aliphatic heterocycles. The number of nitro benzene ring substituents is 1. The zero-order valence-corrected chi connectivity index (χ0v) is 17.1. The molecular weight excluding hydrogens is 398 g/mol. The molecule has 0 saturated carbocycles. The van der Waals surface area contributed by atoms with Gasteiger partial charge in [-0.05, 0) is 43.2 Å². The molecule has 7 heteroatoms. The first-order chi connectivity index (χ1) is 14.5. The minimum absolute atomic E-state index is 0.00220. The van der Waals surface area contributed by atoms with Gasteiger partial charge in [0, 0.05) is 23.7 Å².